The summed E-state index contributed by atoms with van der Waals surface area (Å²) < 4.78 is 38.0. The van der Waals surface area contributed by atoms with Crippen LogP contribution in [0.1, 0.15) is 12.1 Å². The van der Waals surface area contributed by atoms with Gasteiger partial charge in [-0.1, -0.05) is 6.08 Å². The van der Waals surface area contributed by atoms with Crippen LogP contribution < -0.4 is 10.6 Å². The average molecular weight is 310 g/mol. The van der Waals surface area contributed by atoms with Crippen LogP contribution in [0.15, 0.2) is 29.8 Å². The van der Waals surface area contributed by atoms with Crippen LogP contribution in [0.5, 0.6) is 0 Å². The van der Waals surface area contributed by atoms with E-state index < -0.39 is 17.8 Å². The first kappa shape index (κ1) is 14.4. The number of aromatic nitrogens is 2. The molecule has 0 atom stereocenters. The minimum absolute atomic E-state index is 0.259. The number of anilines is 1. The molecule has 3 rings (SSSR count). The fourth-order valence-electron chi connectivity index (χ4n) is 2.43. The maximum absolute atomic E-state index is 12.7. The summed E-state index contributed by atoms with van der Waals surface area (Å²) in [5.74, 6) is 0.231. The molecule has 0 aromatic carbocycles. The summed E-state index contributed by atoms with van der Waals surface area (Å²) in [6.07, 6.45) is -2.23. The molecule has 0 fully saturated rings. The van der Waals surface area contributed by atoms with E-state index in [0.717, 1.165) is 6.07 Å². The number of alkyl halides is 3. The minimum Gasteiger partial charge on any atom is -0.366 e. The van der Waals surface area contributed by atoms with Crippen molar-refractivity contribution in [2.24, 2.45) is 5.73 Å². The van der Waals surface area contributed by atoms with Crippen molar-refractivity contribution < 1.29 is 18.0 Å². The predicted octanol–water partition coefficient (Wildman–Crippen LogP) is 2.20. The number of H-pyrrole nitrogens is 1. The molecule has 1 amide bonds. The van der Waals surface area contributed by atoms with E-state index in [9.17, 15) is 18.0 Å². The summed E-state index contributed by atoms with van der Waals surface area (Å²) in [4.78, 5) is 19.7. The molecule has 22 heavy (non-hydrogen) atoms. The molecule has 5 nitrogen and oxygen atoms in total. The zero-order chi connectivity index (χ0) is 15.9. The molecule has 1 aliphatic heterocycles. The lowest BCUT2D eigenvalue weighted by Crippen LogP contribution is -2.31. The lowest BCUT2D eigenvalue weighted by atomic mass is 10.1. The Labute approximate surface area is 123 Å². The molecule has 8 heteroatoms. The molecule has 0 bridgehead atoms. The molecule has 2 aromatic heterocycles. The Morgan fingerprint density at radius 2 is 2.14 bits per heavy atom. The number of nitrogens with one attached hydrogen (secondary N) is 1. The lowest BCUT2D eigenvalue weighted by molar-refractivity contribution is -0.141. The van der Waals surface area contributed by atoms with E-state index in [1.54, 1.807) is 12.1 Å². The van der Waals surface area contributed by atoms with Crippen LogP contribution in [0.25, 0.3) is 11.0 Å². The van der Waals surface area contributed by atoms with Crippen LogP contribution in [0, 0.1) is 0 Å². The smallest absolute Gasteiger partial charge is 0.366 e. The van der Waals surface area contributed by atoms with Crippen molar-refractivity contribution >= 4 is 22.8 Å². The highest BCUT2D eigenvalue weighted by Gasteiger charge is 2.32. The maximum Gasteiger partial charge on any atom is 0.433 e. The summed E-state index contributed by atoms with van der Waals surface area (Å²) >= 11 is 0. The number of nitrogens with two attached hydrogens (primary N) is 1. The molecule has 3 heterocycles. The molecule has 0 saturated heterocycles. The Hall–Kier alpha value is -2.51. The van der Waals surface area contributed by atoms with Crippen LogP contribution >= 0.6 is 0 Å². The molecular weight excluding hydrogens is 297 g/mol. The first-order chi connectivity index (χ1) is 10.3. The van der Waals surface area contributed by atoms with E-state index in [4.69, 9.17) is 5.73 Å². The summed E-state index contributed by atoms with van der Waals surface area (Å²) in [6.45, 7) is 1.03. The first-order valence-electron chi connectivity index (χ1n) is 6.65. The fraction of sp³-hybridized carbons (Fsp3) is 0.286. The Morgan fingerprint density at radius 1 is 1.36 bits per heavy atom. The highest BCUT2D eigenvalue weighted by Crippen LogP contribution is 2.30. The van der Waals surface area contributed by atoms with Gasteiger partial charge in [0.15, 0.2) is 0 Å². The van der Waals surface area contributed by atoms with Crippen LogP contribution in [0.2, 0.25) is 0 Å². The monoisotopic (exact) mass is 310 g/mol. The van der Waals surface area contributed by atoms with Crippen molar-refractivity contribution in [2.75, 3.05) is 18.0 Å². The zero-order valence-corrected chi connectivity index (χ0v) is 11.4. The van der Waals surface area contributed by atoms with Gasteiger partial charge in [-0.2, -0.15) is 13.2 Å². The number of amides is 1. The van der Waals surface area contributed by atoms with Gasteiger partial charge >= 0.3 is 6.18 Å². The Kier molecular flexibility index (Phi) is 3.31. The molecule has 3 N–H and O–H groups in total. The number of hydrogen-bond donors (Lipinski definition) is 2. The molecule has 2 aromatic rings. The van der Waals surface area contributed by atoms with Gasteiger partial charge in [0.05, 0.1) is 11.0 Å². The van der Waals surface area contributed by atoms with Gasteiger partial charge in [0.25, 0.3) is 0 Å². The normalized spacial score (nSPS) is 16.0. The van der Waals surface area contributed by atoms with Crippen LogP contribution in [-0.2, 0) is 11.0 Å². The predicted molar refractivity (Wildman–Crippen MR) is 75.2 cm³/mol. The van der Waals surface area contributed by atoms with E-state index in [2.05, 4.69) is 9.97 Å². The third-order valence-electron chi connectivity index (χ3n) is 3.62. The molecular formula is C14H13F3N4O. The van der Waals surface area contributed by atoms with Crippen molar-refractivity contribution in [2.45, 2.75) is 12.6 Å². The van der Waals surface area contributed by atoms with Gasteiger partial charge in [-0.3, -0.25) is 4.79 Å². The number of halogens is 3. The van der Waals surface area contributed by atoms with Crippen molar-refractivity contribution in [1.82, 2.24) is 9.97 Å². The highest BCUT2D eigenvalue weighted by atomic mass is 19.4. The molecule has 116 valence electrons. The van der Waals surface area contributed by atoms with Gasteiger partial charge in [-0.15, -0.1) is 0 Å². The van der Waals surface area contributed by atoms with E-state index in [-0.39, 0.29) is 5.52 Å². The topological polar surface area (TPSA) is 75.0 Å². The Morgan fingerprint density at radius 3 is 2.73 bits per heavy atom. The average Bonchev–Trinajstić information content (AvgIpc) is 2.89. The number of hydrogen-bond acceptors (Lipinski definition) is 3. The summed E-state index contributed by atoms with van der Waals surface area (Å²) in [7, 11) is 0. The number of aromatic amines is 1. The van der Waals surface area contributed by atoms with E-state index >= 15 is 0 Å². The largest absolute Gasteiger partial charge is 0.433 e. The van der Waals surface area contributed by atoms with Gasteiger partial charge in [0, 0.05) is 24.7 Å². The lowest BCUT2D eigenvalue weighted by Gasteiger charge is -2.26. The summed E-state index contributed by atoms with van der Waals surface area (Å²) in [6, 6.07) is 3.89. The molecule has 0 spiro atoms. The third kappa shape index (κ3) is 2.63. The number of rotatable bonds is 2. The molecule has 1 aliphatic rings. The van der Waals surface area contributed by atoms with Crippen molar-refractivity contribution in [3.8, 4) is 0 Å². The van der Waals surface area contributed by atoms with Crippen LogP contribution in [0.3, 0.4) is 0 Å². The zero-order valence-electron chi connectivity index (χ0n) is 11.4. The summed E-state index contributed by atoms with van der Waals surface area (Å²) in [5, 5.41) is 0. The van der Waals surface area contributed by atoms with Crippen LogP contribution in [-0.4, -0.2) is 29.0 Å². The second-order valence-corrected chi connectivity index (χ2v) is 5.07. The standard InChI is InChI=1S/C14H13F3N4O/c15-14(16,17)11-2-1-9-10(19-11)7-12(20-9)21-5-3-8(4-6-21)13(18)22/h1-3,7,20H,4-6H2,(H2,18,22). The van der Waals surface area contributed by atoms with Gasteiger partial charge in [-0.25, -0.2) is 4.98 Å². The maximum atomic E-state index is 12.7. The molecule has 0 aliphatic carbocycles. The van der Waals surface area contributed by atoms with E-state index in [0.29, 0.717) is 36.4 Å². The van der Waals surface area contributed by atoms with Gasteiger partial charge in [0.2, 0.25) is 5.91 Å². The highest BCUT2D eigenvalue weighted by molar-refractivity contribution is 5.92. The number of carbonyl (C=O) groups is 1. The number of carbonyl (C=O) groups excluding carboxylic acids is 1. The summed E-state index contributed by atoms with van der Waals surface area (Å²) in [5.41, 5.74) is 5.67. The van der Waals surface area contributed by atoms with Gasteiger partial charge in [0.1, 0.15) is 11.5 Å². The molecule has 0 radical (unpaired) electrons. The fourth-order valence-corrected chi connectivity index (χ4v) is 2.43. The minimum atomic E-state index is -4.46. The number of nitrogens with zero attached hydrogens (tertiary/aromatic N) is 2. The number of primary amides is 1. The van der Waals surface area contributed by atoms with E-state index in [1.807, 2.05) is 4.90 Å². The van der Waals surface area contributed by atoms with Gasteiger partial charge < -0.3 is 15.6 Å². The molecule has 0 saturated carbocycles. The van der Waals surface area contributed by atoms with Crippen molar-refractivity contribution in [3.05, 3.63) is 35.5 Å². The second-order valence-electron chi connectivity index (χ2n) is 5.07. The van der Waals surface area contributed by atoms with Crippen LogP contribution in [0.4, 0.5) is 19.0 Å². The third-order valence-corrected chi connectivity index (χ3v) is 3.62. The van der Waals surface area contributed by atoms with Crippen molar-refractivity contribution in [1.29, 1.82) is 0 Å². The van der Waals surface area contributed by atoms with Gasteiger partial charge in [-0.05, 0) is 18.6 Å². The number of pyridine rings is 1. The molecule has 0 unspecified atom stereocenters. The number of fused-ring (bicyclic) bond motifs is 1. The first-order valence-corrected chi connectivity index (χ1v) is 6.65. The Bertz CT molecular complexity index is 763. The SMILES string of the molecule is NC(=O)C1=CCN(c2cc3nc(C(F)(F)F)ccc3[nH]2)CC1. The van der Waals surface area contributed by atoms with Crippen molar-refractivity contribution in [3.63, 3.8) is 0 Å². The quantitative estimate of drug-likeness (QED) is 0.893. The second kappa shape index (κ2) is 5.04. The Balaban J connectivity index is 1.89. The van der Waals surface area contributed by atoms with E-state index in [1.165, 1.54) is 6.07 Å².